The van der Waals surface area contributed by atoms with Crippen LogP contribution in [0.4, 0.5) is 0 Å². The molecule has 0 atom stereocenters. The van der Waals surface area contributed by atoms with Gasteiger partial charge in [0.2, 0.25) is 10.0 Å². The number of hydrogen-bond donors (Lipinski definition) is 1. The van der Waals surface area contributed by atoms with Gasteiger partial charge in [-0.3, -0.25) is 0 Å². The largest absolute Gasteiger partial charge is 0.486 e. The topological polar surface area (TPSA) is 112 Å². The second kappa shape index (κ2) is 10.0. The Labute approximate surface area is 214 Å². The molecular formula is C25H26ClN5O4S. The third-order valence-electron chi connectivity index (χ3n) is 6.22. The summed E-state index contributed by atoms with van der Waals surface area (Å²) in [5, 5.41) is 12.9. The summed E-state index contributed by atoms with van der Waals surface area (Å²) in [6, 6.07) is 12.2. The van der Waals surface area contributed by atoms with Gasteiger partial charge in [0.15, 0.2) is 0 Å². The Morgan fingerprint density at radius 3 is 2.69 bits per heavy atom. The van der Waals surface area contributed by atoms with Crippen LogP contribution in [0.15, 0.2) is 58.1 Å². The molecule has 188 valence electrons. The SMILES string of the molecule is Cc1noc(C)c1-c1ccc(OCc2cn(-c3cccc(Cl)c3)nn2)c(S(=O)(=O)NC2CCCC2)c1. The van der Waals surface area contributed by atoms with Gasteiger partial charge in [0.1, 0.15) is 28.7 Å². The van der Waals surface area contributed by atoms with Crippen molar-refractivity contribution in [2.24, 2.45) is 0 Å². The van der Waals surface area contributed by atoms with Crippen molar-refractivity contribution in [1.29, 1.82) is 0 Å². The molecule has 4 aromatic rings. The first-order chi connectivity index (χ1) is 17.3. The lowest BCUT2D eigenvalue weighted by molar-refractivity contribution is 0.293. The third kappa shape index (κ3) is 5.16. The van der Waals surface area contributed by atoms with Crippen LogP contribution in [-0.2, 0) is 16.6 Å². The first kappa shape index (κ1) is 24.5. The van der Waals surface area contributed by atoms with E-state index in [0.717, 1.165) is 36.9 Å². The van der Waals surface area contributed by atoms with Gasteiger partial charge in [0.25, 0.3) is 0 Å². The van der Waals surface area contributed by atoms with Crippen LogP contribution in [0.3, 0.4) is 0 Å². The number of benzene rings is 2. The van der Waals surface area contributed by atoms with Gasteiger partial charge in [0, 0.05) is 16.6 Å². The zero-order valence-corrected chi connectivity index (χ0v) is 21.5. The number of ether oxygens (including phenoxy) is 1. The van der Waals surface area contributed by atoms with Gasteiger partial charge in [0.05, 0.1) is 17.6 Å². The van der Waals surface area contributed by atoms with Gasteiger partial charge in [-0.2, -0.15) is 0 Å². The highest BCUT2D eigenvalue weighted by Crippen LogP contribution is 2.34. The maximum atomic E-state index is 13.5. The summed E-state index contributed by atoms with van der Waals surface area (Å²) >= 11 is 6.07. The Morgan fingerprint density at radius 1 is 1.17 bits per heavy atom. The average Bonchev–Trinajstić information content (AvgIpc) is 3.60. The summed E-state index contributed by atoms with van der Waals surface area (Å²) in [6.45, 7) is 3.66. The molecule has 0 unspecified atom stereocenters. The summed E-state index contributed by atoms with van der Waals surface area (Å²) in [4.78, 5) is 0.0640. The van der Waals surface area contributed by atoms with Crippen molar-refractivity contribution in [3.05, 3.63) is 70.8 Å². The van der Waals surface area contributed by atoms with Crippen LogP contribution in [0.25, 0.3) is 16.8 Å². The molecule has 0 bridgehead atoms. The van der Waals surface area contributed by atoms with Gasteiger partial charge >= 0.3 is 0 Å². The minimum absolute atomic E-state index is 0.0389. The average molecular weight is 528 g/mol. The summed E-state index contributed by atoms with van der Waals surface area (Å²) in [6.07, 6.45) is 5.39. The van der Waals surface area contributed by atoms with Crippen molar-refractivity contribution < 1.29 is 17.7 Å². The molecule has 1 saturated carbocycles. The van der Waals surface area contributed by atoms with Crippen LogP contribution >= 0.6 is 11.6 Å². The Kier molecular flexibility index (Phi) is 6.83. The number of aryl methyl sites for hydroxylation is 2. The standard InChI is InChI=1S/C25H26ClN5O4S/c1-16-25(17(2)35-28-16)18-10-11-23(24(12-18)36(32,33)29-20-7-3-4-8-20)34-15-21-14-31(30-27-21)22-9-5-6-19(26)13-22/h5-6,9-14,20,29H,3-4,7-8,15H2,1-2H3. The molecule has 5 rings (SSSR count). The molecule has 36 heavy (non-hydrogen) atoms. The van der Waals surface area contributed by atoms with E-state index in [0.29, 0.717) is 27.7 Å². The normalized spacial score (nSPS) is 14.4. The van der Waals surface area contributed by atoms with E-state index in [1.807, 2.05) is 19.1 Å². The quantitative estimate of drug-likeness (QED) is 0.343. The summed E-state index contributed by atoms with van der Waals surface area (Å²) in [5.74, 6) is 0.846. The first-order valence-electron chi connectivity index (χ1n) is 11.7. The molecule has 2 aromatic heterocycles. The molecular weight excluding hydrogens is 502 g/mol. The zero-order valence-electron chi connectivity index (χ0n) is 19.9. The highest BCUT2D eigenvalue weighted by molar-refractivity contribution is 7.89. The molecule has 0 spiro atoms. The molecule has 0 radical (unpaired) electrons. The second-order valence-corrected chi connectivity index (χ2v) is 11.0. The lowest BCUT2D eigenvalue weighted by Crippen LogP contribution is -2.33. The fourth-order valence-corrected chi connectivity index (χ4v) is 6.14. The minimum atomic E-state index is -3.84. The van der Waals surface area contributed by atoms with Crippen molar-refractivity contribution in [3.63, 3.8) is 0 Å². The number of rotatable bonds is 8. The van der Waals surface area contributed by atoms with Gasteiger partial charge in [-0.25, -0.2) is 17.8 Å². The summed E-state index contributed by atoms with van der Waals surface area (Å²) in [5.41, 5.74) is 3.44. The molecule has 2 aromatic carbocycles. The molecule has 1 N–H and O–H groups in total. The zero-order chi connectivity index (χ0) is 25.3. The number of nitrogens with one attached hydrogen (secondary N) is 1. The van der Waals surface area contributed by atoms with E-state index in [-0.39, 0.29) is 23.3 Å². The van der Waals surface area contributed by atoms with Crippen LogP contribution < -0.4 is 9.46 Å². The molecule has 1 aliphatic rings. The van der Waals surface area contributed by atoms with E-state index in [2.05, 4.69) is 20.2 Å². The maximum absolute atomic E-state index is 13.5. The van der Waals surface area contributed by atoms with Crippen molar-refractivity contribution in [2.45, 2.75) is 57.1 Å². The van der Waals surface area contributed by atoms with E-state index in [1.165, 1.54) is 0 Å². The maximum Gasteiger partial charge on any atom is 0.244 e. The van der Waals surface area contributed by atoms with Crippen LogP contribution in [0.5, 0.6) is 5.75 Å². The molecule has 1 aliphatic carbocycles. The lowest BCUT2D eigenvalue weighted by atomic mass is 10.0. The molecule has 0 saturated heterocycles. The van der Waals surface area contributed by atoms with Crippen LogP contribution in [0.2, 0.25) is 5.02 Å². The van der Waals surface area contributed by atoms with Gasteiger partial charge in [-0.15, -0.1) is 5.10 Å². The van der Waals surface area contributed by atoms with Crippen molar-refractivity contribution in [2.75, 3.05) is 0 Å². The highest BCUT2D eigenvalue weighted by atomic mass is 35.5. The summed E-state index contributed by atoms with van der Waals surface area (Å²) in [7, 11) is -3.84. The summed E-state index contributed by atoms with van der Waals surface area (Å²) < 4.78 is 42.6. The molecule has 1 fully saturated rings. The number of halogens is 1. The Hall–Kier alpha value is -3.21. The van der Waals surface area contributed by atoms with Crippen LogP contribution in [0, 0.1) is 13.8 Å². The smallest absolute Gasteiger partial charge is 0.244 e. The monoisotopic (exact) mass is 527 g/mol. The van der Waals surface area contributed by atoms with Crippen LogP contribution in [0.1, 0.15) is 42.8 Å². The number of sulfonamides is 1. The highest BCUT2D eigenvalue weighted by Gasteiger charge is 2.27. The predicted octanol–water partition coefficient (Wildman–Crippen LogP) is 4.99. The van der Waals surface area contributed by atoms with E-state index in [9.17, 15) is 8.42 Å². The molecule has 11 heteroatoms. The van der Waals surface area contributed by atoms with E-state index >= 15 is 0 Å². The molecule has 2 heterocycles. The predicted molar refractivity (Wildman–Crippen MR) is 135 cm³/mol. The van der Waals surface area contributed by atoms with Gasteiger partial charge in [-0.05, 0) is 62.6 Å². The van der Waals surface area contributed by atoms with Crippen molar-refractivity contribution >= 4 is 21.6 Å². The second-order valence-electron chi connectivity index (χ2n) is 8.89. The minimum Gasteiger partial charge on any atom is -0.486 e. The van der Waals surface area contributed by atoms with E-state index in [1.54, 1.807) is 48.1 Å². The molecule has 9 nitrogen and oxygen atoms in total. The molecule has 0 aliphatic heterocycles. The van der Waals surface area contributed by atoms with Gasteiger partial charge < -0.3 is 9.26 Å². The third-order valence-corrected chi connectivity index (χ3v) is 8.00. The Balaban J connectivity index is 1.44. The fourth-order valence-electron chi connectivity index (χ4n) is 4.48. The van der Waals surface area contributed by atoms with Crippen molar-refractivity contribution in [3.8, 4) is 22.6 Å². The Morgan fingerprint density at radius 2 is 1.97 bits per heavy atom. The first-order valence-corrected chi connectivity index (χ1v) is 13.6. The van der Waals surface area contributed by atoms with Gasteiger partial charge in [-0.1, -0.05) is 46.9 Å². The lowest BCUT2D eigenvalue weighted by Gasteiger charge is -2.16. The fraction of sp³-hybridized carbons (Fsp3) is 0.320. The molecule has 0 amide bonds. The number of nitrogens with zero attached hydrogens (tertiary/aromatic N) is 4. The van der Waals surface area contributed by atoms with E-state index < -0.39 is 10.0 Å². The van der Waals surface area contributed by atoms with Crippen LogP contribution in [-0.4, -0.2) is 34.6 Å². The van der Waals surface area contributed by atoms with Crippen molar-refractivity contribution in [1.82, 2.24) is 24.9 Å². The number of hydrogen-bond acceptors (Lipinski definition) is 7. The Bertz CT molecular complexity index is 1470. The van der Waals surface area contributed by atoms with E-state index in [4.69, 9.17) is 20.9 Å². The number of aromatic nitrogens is 4.